The number of pyridine rings is 1. The predicted molar refractivity (Wildman–Crippen MR) is 87.7 cm³/mol. The third kappa shape index (κ3) is 2.68. The van der Waals surface area contributed by atoms with Crippen LogP contribution in [-0.2, 0) is 0 Å². The molecule has 1 atom stereocenters. The van der Waals surface area contributed by atoms with Crippen LogP contribution in [0.25, 0.3) is 5.65 Å². The van der Waals surface area contributed by atoms with Gasteiger partial charge in [0.25, 0.3) is 5.95 Å². The van der Waals surface area contributed by atoms with Crippen molar-refractivity contribution in [2.75, 3.05) is 23.3 Å². The summed E-state index contributed by atoms with van der Waals surface area (Å²) in [4.78, 5) is 6.51. The molecule has 8 nitrogen and oxygen atoms in total. The van der Waals surface area contributed by atoms with Gasteiger partial charge in [-0.2, -0.15) is 9.61 Å². The lowest BCUT2D eigenvalue weighted by Crippen LogP contribution is -2.43. The van der Waals surface area contributed by atoms with Crippen LogP contribution in [0.2, 0.25) is 0 Å². The Hall–Kier alpha value is -2.74. The molecule has 0 spiro atoms. The zero-order valence-electron chi connectivity index (χ0n) is 12.6. The quantitative estimate of drug-likeness (QED) is 0.750. The summed E-state index contributed by atoms with van der Waals surface area (Å²) in [5.74, 6) is 0.566. The first kappa shape index (κ1) is 13.9. The lowest BCUT2D eigenvalue weighted by molar-refractivity contribution is 0.506. The maximum atomic E-state index is 6.11. The smallest absolute Gasteiger partial charge is 0.250 e. The molecule has 3 N–H and O–H groups in total. The molecule has 8 heteroatoms. The molecule has 118 valence electrons. The average Bonchev–Trinajstić information content (AvgIpc) is 2.99. The van der Waals surface area contributed by atoms with Crippen LogP contribution < -0.4 is 16.0 Å². The molecule has 0 aromatic carbocycles. The van der Waals surface area contributed by atoms with E-state index in [1.807, 2.05) is 18.2 Å². The number of nitrogens with two attached hydrogens (primary N) is 1. The number of anilines is 3. The Balaban J connectivity index is 1.67. The van der Waals surface area contributed by atoms with Gasteiger partial charge in [-0.25, -0.2) is 0 Å². The van der Waals surface area contributed by atoms with Gasteiger partial charge in [0, 0.05) is 31.5 Å². The summed E-state index contributed by atoms with van der Waals surface area (Å²) in [7, 11) is 0. The van der Waals surface area contributed by atoms with E-state index < -0.39 is 0 Å². The number of nitrogens with one attached hydrogen (secondary N) is 1. The van der Waals surface area contributed by atoms with E-state index in [2.05, 4.69) is 30.5 Å². The number of piperidine rings is 1. The van der Waals surface area contributed by atoms with Crippen molar-refractivity contribution in [2.45, 2.75) is 18.9 Å². The Bertz CT molecular complexity index is 814. The number of aromatic nitrogens is 5. The van der Waals surface area contributed by atoms with Crippen LogP contribution >= 0.6 is 0 Å². The van der Waals surface area contributed by atoms with Gasteiger partial charge < -0.3 is 16.0 Å². The number of nitrogens with zero attached hydrogens (tertiary/aromatic N) is 6. The van der Waals surface area contributed by atoms with Crippen molar-refractivity contribution in [3.05, 3.63) is 36.8 Å². The number of hydrogen-bond acceptors (Lipinski definition) is 7. The van der Waals surface area contributed by atoms with Gasteiger partial charge in [0.15, 0.2) is 5.65 Å². The second-order valence-corrected chi connectivity index (χ2v) is 5.68. The first-order chi connectivity index (χ1) is 11.3. The van der Waals surface area contributed by atoms with E-state index in [1.54, 1.807) is 23.1 Å². The topological polar surface area (TPSA) is 97.3 Å². The van der Waals surface area contributed by atoms with Crippen molar-refractivity contribution in [1.29, 1.82) is 0 Å². The Morgan fingerprint density at radius 1 is 1.22 bits per heavy atom. The van der Waals surface area contributed by atoms with Gasteiger partial charge in [-0.05, 0) is 31.0 Å². The standard InChI is InChI=1S/C15H18N8/c16-11-3-2-8-22(10-11)13-5-7-17-9-12(13)19-15-21-20-14-4-1-6-18-23(14)15/h1,4-7,9,11H,2-3,8,10,16H2,(H,19,21)/t11-/m0/s1. The third-order valence-electron chi connectivity index (χ3n) is 4.02. The second-order valence-electron chi connectivity index (χ2n) is 5.68. The SMILES string of the molecule is N[C@H]1CCCN(c2ccncc2Nc2nnc3cccnn23)C1. The van der Waals surface area contributed by atoms with Crippen molar-refractivity contribution in [3.8, 4) is 0 Å². The zero-order chi connectivity index (χ0) is 15.6. The molecule has 4 rings (SSSR count). The number of fused-ring (bicyclic) bond motifs is 1. The molecule has 1 fully saturated rings. The molecular formula is C15H18N8. The molecule has 0 radical (unpaired) electrons. The fourth-order valence-electron chi connectivity index (χ4n) is 2.93. The van der Waals surface area contributed by atoms with Crippen molar-refractivity contribution >= 4 is 23.0 Å². The van der Waals surface area contributed by atoms with E-state index in [-0.39, 0.29) is 6.04 Å². The van der Waals surface area contributed by atoms with Gasteiger partial charge in [0.1, 0.15) is 0 Å². The molecule has 0 saturated carbocycles. The molecular weight excluding hydrogens is 292 g/mol. The summed E-state index contributed by atoms with van der Waals surface area (Å²) in [5, 5.41) is 15.8. The van der Waals surface area contributed by atoms with E-state index >= 15 is 0 Å². The van der Waals surface area contributed by atoms with E-state index in [0.29, 0.717) is 11.6 Å². The summed E-state index contributed by atoms with van der Waals surface area (Å²) in [6, 6.07) is 5.90. The molecule has 3 aromatic rings. The van der Waals surface area contributed by atoms with Crippen molar-refractivity contribution in [1.82, 2.24) is 24.8 Å². The van der Waals surface area contributed by atoms with Gasteiger partial charge >= 0.3 is 0 Å². The minimum Gasteiger partial charge on any atom is -0.368 e. The van der Waals surface area contributed by atoms with Crippen LogP contribution in [0, 0.1) is 0 Å². The van der Waals surface area contributed by atoms with Gasteiger partial charge in [-0.1, -0.05) is 0 Å². The summed E-state index contributed by atoms with van der Waals surface area (Å²) >= 11 is 0. The number of rotatable bonds is 3. The predicted octanol–water partition coefficient (Wildman–Crippen LogP) is 1.19. The maximum absolute atomic E-state index is 6.11. The normalized spacial score (nSPS) is 18.3. The van der Waals surface area contributed by atoms with Crippen LogP contribution in [0.3, 0.4) is 0 Å². The lowest BCUT2D eigenvalue weighted by Gasteiger charge is -2.33. The Labute approximate surface area is 133 Å². The van der Waals surface area contributed by atoms with Crippen LogP contribution in [0.5, 0.6) is 0 Å². The van der Waals surface area contributed by atoms with Crippen LogP contribution in [-0.4, -0.2) is 43.9 Å². The molecule has 1 saturated heterocycles. The van der Waals surface area contributed by atoms with Gasteiger partial charge in [-0.15, -0.1) is 10.2 Å². The van der Waals surface area contributed by atoms with Gasteiger partial charge in [-0.3, -0.25) is 4.98 Å². The molecule has 3 aromatic heterocycles. The molecule has 1 aliphatic heterocycles. The highest BCUT2D eigenvalue weighted by Crippen LogP contribution is 2.29. The minimum atomic E-state index is 0.209. The van der Waals surface area contributed by atoms with E-state index in [0.717, 1.165) is 37.3 Å². The molecule has 0 bridgehead atoms. The largest absolute Gasteiger partial charge is 0.368 e. The summed E-state index contributed by atoms with van der Waals surface area (Å²) in [5.41, 5.74) is 8.75. The number of hydrogen-bond donors (Lipinski definition) is 2. The van der Waals surface area contributed by atoms with E-state index in [9.17, 15) is 0 Å². The summed E-state index contributed by atoms with van der Waals surface area (Å²) in [6.07, 6.45) is 7.46. The first-order valence-corrected chi connectivity index (χ1v) is 7.69. The minimum absolute atomic E-state index is 0.209. The fraction of sp³-hybridized carbons (Fsp3) is 0.333. The summed E-state index contributed by atoms with van der Waals surface area (Å²) in [6.45, 7) is 1.84. The summed E-state index contributed by atoms with van der Waals surface area (Å²) < 4.78 is 1.67. The van der Waals surface area contributed by atoms with Crippen LogP contribution in [0.1, 0.15) is 12.8 Å². The zero-order valence-corrected chi connectivity index (χ0v) is 12.6. The van der Waals surface area contributed by atoms with E-state index in [4.69, 9.17) is 5.73 Å². The highest BCUT2D eigenvalue weighted by atomic mass is 15.4. The average molecular weight is 310 g/mol. The van der Waals surface area contributed by atoms with Crippen molar-refractivity contribution in [2.24, 2.45) is 5.73 Å². The Morgan fingerprint density at radius 3 is 3.09 bits per heavy atom. The van der Waals surface area contributed by atoms with Gasteiger partial charge in [0.2, 0.25) is 0 Å². The monoisotopic (exact) mass is 310 g/mol. The van der Waals surface area contributed by atoms with Crippen LogP contribution in [0.15, 0.2) is 36.8 Å². The Morgan fingerprint density at radius 2 is 2.17 bits per heavy atom. The molecule has 4 heterocycles. The lowest BCUT2D eigenvalue weighted by atomic mass is 10.1. The van der Waals surface area contributed by atoms with Crippen molar-refractivity contribution < 1.29 is 0 Å². The highest BCUT2D eigenvalue weighted by Gasteiger charge is 2.20. The first-order valence-electron chi connectivity index (χ1n) is 7.69. The highest BCUT2D eigenvalue weighted by molar-refractivity contribution is 5.73. The van der Waals surface area contributed by atoms with E-state index in [1.165, 1.54) is 0 Å². The molecule has 1 aliphatic rings. The molecule has 23 heavy (non-hydrogen) atoms. The molecule has 0 amide bonds. The van der Waals surface area contributed by atoms with Crippen molar-refractivity contribution in [3.63, 3.8) is 0 Å². The fourth-order valence-corrected chi connectivity index (χ4v) is 2.93. The second kappa shape index (κ2) is 5.81. The molecule has 0 unspecified atom stereocenters. The maximum Gasteiger partial charge on any atom is 0.250 e. The molecule has 0 aliphatic carbocycles. The Kier molecular flexibility index (Phi) is 3.51. The van der Waals surface area contributed by atoms with Crippen LogP contribution in [0.4, 0.5) is 17.3 Å². The van der Waals surface area contributed by atoms with Gasteiger partial charge in [0.05, 0.1) is 17.6 Å². The third-order valence-corrected chi connectivity index (χ3v) is 4.02.